The fourth-order valence-corrected chi connectivity index (χ4v) is 1.19. The van der Waals surface area contributed by atoms with Crippen LogP contribution in [0.25, 0.3) is 0 Å². The van der Waals surface area contributed by atoms with E-state index in [4.69, 9.17) is 0 Å². The molecule has 1 aliphatic rings. The van der Waals surface area contributed by atoms with E-state index in [2.05, 4.69) is 22.4 Å². The fourth-order valence-electron chi connectivity index (χ4n) is 1.19. The average Bonchev–Trinajstić information content (AvgIpc) is 2.58. The second-order valence-electron chi connectivity index (χ2n) is 2.52. The van der Waals surface area contributed by atoms with Crippen molar-refractivity contribution in [1.29, 1.82) is 0 Å². The van der Waals surface area contributed by atoms with Crippen LogP contribution in [0, 0.1) is 0 Å². The van der Waals surface area contributed by atoms with Crippen molar-refractivity contribution < 1.29 is 0 Å². The van der Waals surface area contributed by atoms with Crippen LogP contribution in [0.3, 0.4) is 0 Å². The van der Waals surface area contributed by atoms with Gasteiger partial charge in [-0.15, -0.1) is 24.0 Å². The number of hydrogen-bond donors (Lipinski definition) is 1. The zero-order valence-electron chi connectivity index (χ0n) is 6.66. The average molecular weight is 274 g/mol. The zero-order valence-corrected chi connectivity index (χ0v) is 8.99. The summed E-state index contributed by atoms with van der Waals surface area (Å²) >= 11 is 0. The minimum atomic E-state index is 0. The van der Waals surface area contributed by atoms with Gasteiger partial charge in [-0.1, -0.05) is 30.3 Å². The molecule has 0 radical (unpaired) electrons. The van der Waals surface area contributed by atoms with E-state index in [1.165, 1.54) is 5.56 Å². The molecule has 0 bridgehead atoms. The number of aliphatic imine (C=N–C) groups is 1. The van der Waals surface area contributed by atoms with Crippen LogP contribution in [-0.4, -0.2) is 18.9 Å². The van der Waals surface area contributed by atoms with E-state index in [9.17, 15) is 0 Å². The maximum atomic E-state index is 4.31. The lowest BCUT2D eigenvalue weighted by atomic mass is 10.2. The summed E-state index contributed by atoms with van der Waals surface area (Å²) in [5.41, 5.74) is 1.19. The Hall–Kier alpha value is -0.580. The van der Waals surface area contributed by atoms with Crippen LogP contribution in [-0.2, 0) is 0 Å². The SMILES string of the molecule is I.c1ccc(C2=NCCN2)cc1. The van der Waals surface area contributed by atoms with Crippen molar-refractivity contribution in [3.63, 3.8) is 0 Å². The first-order valence-electron chi connectivity index (χ1n) is 3.80. The smallest absolute Gasteiger partial charge is 0.128 e. The molecule has 0 spiro atoms. The molecule has 0 aliphatic carbocycles. The first-order valence-corrected chi connectivity index (χ1v) is 3.80. The second kappa shape index (κ2) is 4.45. The van der Waals surface area contributed by atoms with Gasteiger partial charge >= 0.3 is 0 Å². The van der Waals surface area contributed by atoms with E-state index in [-0.39, 0.29) is 24.0 Å². The number of amidine groups is 1. The lowest BCUT2D eigenvalue weighted by Crippen LogP contribution is -2.19. The van der Waals surface area contributed by atoms with Gasteiger partial charge in [0, 0.05) is 12.1 Å². The maximum Gasteiger partial charge on any atom is 0.128 e. The van der Waals surface area contributed by atoms with E-state index in [0.29, 0.717) is 0 Å². The molecule has 0 atom stereocenters. The molecule has 0 unspecified atom stereocenters. The second-order valence-corrected chi connectivity index (χ2v) is 2.52. The topological polar surface area (TPSA) is 24.4 Å². The molecule has 0 fully saturated rings. The van der Waals surface area contributed by atoms with Crippen LogP contribution in [0.2, 0.25) is 0 Å². The van der Waals surface area contributed by atoms with Gasteiger partial charge in [-0.05, 0) is 0 Å². The number of nitrogens with one attached hydrogen (secondary N) is 1. The van der Waals surface area contributed by atoms with E-state index < -0.39 is 0 Å². The van der Waals surface area contributed by atoms with Crippen LogP contribution in [0.5, 0.6) is 0 Å². The van der Waals surface area contributed by atoms with Crippen molar-refractivity contribution in [2.24, 2.45) is 4.99 Å². The van der Waals surface area contributed by atoms with Gasteiger partial charge in [0.05, 0.1) is 6.54 Å². The minimum Gasteiger partial charge on any atom is -0.368 e. The van der Waals surface area contributed by atoms with E-state index in [0.717, 1.165) is 18.9 Å². The highest BCUT2D eigenvalue weighted by Crippen LogP contribution is 2.01. The van der Waals surface area contributed by atoms with Crippen LogP contribution >= 0.6 is 24.0 Å². The molecule has 1 aromatic carbocycles. The highest BCUT2D eigenvalue weighted by Gasteiger charge is 2.05. The molecule has 1 heterocycles. The normalized spacial score (nSPS) is 14.5. The van der Waals surface area contributed by atoms with Gasteiger partial charge in [0.2, 0.25) is 0 Å². The quantitative estimate of drug-likeness (QED) is 0.774. The van der Waals surface area contributed by atoms with Gasteiger partial charge in [0.1, 0.15) is 5.84 Å². The van der Waals surface area contributed by atoms with Gasteiger partial charge in [-0.2, -0.15) is 0 Å². The predicted octanol–water partition coefficient (Wildman–Crippen LogP) is 1.65. The van der Waals surface area contributed by atoms with Gasteiger partial charge in [-0.25, -0.2) is 0 Å². The summed E-state index contributed by atoms with van der Waals surface area (Å²) < 4.78 is 0. The van der Waals surface area contributed by atoms with Gasteiger partial charge in [0.15, 0.2) is 0 Å². The Morgan fingerprint density at radius 3 is 2.50 bits per heavy atom. The molecule has 2 rings (SSSR count). The number of rotatable bonds is 1. The predicted molar refractivity (Wildman–Crippen MR) is 61.3 cm³/mol. The van der Waals surface area contributed by atoms with Crippen LogP contribution < -0.4 is 5.32 Å². The van der Waals surface area contributed by atoms with Gasteiger partial charge in [-0.3, -0.25) is 4.99 Å². The third kappa shape index (κ3) is 1.97. The first-order chi connectivity index (χ1) is 5.47. The summed E-state index contributed by atoms with van der Waals surface area (Å²) in [6, 6.07) is 10.2. The van der Waals surface area contributed by atoms with Gasteiger partial charge in [0.25, 0.3) is 0 Å². The van der Waals surface area contributed by atoms with Crippen molar-refractivity contribution in [2.75, 3.05) is 13.1 Å². The maximum absolute atomic E-state index is 4.31. The molecular formula is C9H11IN2. The van der Waals surface area contributed by atoms with E-state index in [1.54, 1.807) is 0 Å². The van der Waals surface area contributed by atoms with Crippen molar-refractivity contribution in [3.8, 4) is 0 Å². The van der Waals surface area contributed by atoms with Crippen molar-refractivity contribution in [2.45, 2.75) is 0 Å². The van der Waals surface area contributed by atoms with Crippen molar-refractivity contribution in [3.05, 3.63) is 35.9 Å². The Labute approximate surface area is 89.1 Å². The number of nitrogens with zero attached hydrogens (tertiary/aromatic N) is 1. The molecule has 1 aromatic rings. The number of halogens is 1. The van der Waals surface area contributed by atoms with Crippen LogP contribution in [0.1, 0.15) is 5.56 Å². The van der Waals surface area contributed by atoms with E-state index >= 15 is 0 Å². The Morgan fingerprint density at radius 1 is 1.17 bits per heavy atom. The standard InChI is InChI=1S/C9H10N2.HI/c1-2-4-8(5-3-1)9-10-6-7-11-9;/h1-5H,6-7H2,(H,10,11);1H. The Bertz CT molecular complexity index is 269. The molecule has 1 aliphatic heterocycles. The molecule has 2 nitrogen and oxygen atoms in total. The highest BCUT2D eigenvalue weighted by molar-refractivity contribution is 14.0. The first kappa shape index (κ1) is 9.51. The molecule has 0 saturated carbocycles. The summed E-state index contributed by atoms with van der Waals surface area (Å²) in [5, 5.41) is 3.22. The lowest BCUT2D eigenvalue weighted by molar-refractivity contribution is 0.960. The summed E-state index contributed by atoms with van der Waals surface area (Å²) in [7, 11) is 0. The lowest BCUT2D eigenvalue weighted by Gasteiger charge is -1.99. The highest BCUT2D eigenvalue weighted by atomic mass is 127. The monoisotopic (exact) mass is 274 g/mol. The summed E-state index contributed by atoms with van der Waals surface area (Å²) in [6.45, 7) is 1.88. The summed E-state index contributed by atoms with van der Waals surface area (Å²) in [6.07, 6.45) is 0. The van der Waals surface area contributed by atoms with E-state index in [1.807, 2.05) is 18.2 Å². The molecule has 1 N–H and O–H groups in total. The number of hydrogen-bond acceptors (Lipinski definition) is 2. The third-order valence-corrected chi connectivity index (χ3v) is 1.72. The number of benzene rings is 1. The largest absolute Gasteiger partial charge is 0.368 e. The molecule has 3 heteroatoms. The minimum absolute atomic E-state index is 0. The molecule has 0 aromatic heterocycles. The van der Waals surface area contributed by atoms with Crippen molar-refractivity contribution >= 4 is 29.8 Å². The summed E-state index contributed by atoms with van der Waals surface area (Å²) in [5.74, 6) is 1.03. The molecule has 64 valence electrons. The summed E-state index contributed by atoms with van der Waals surface area (Å²) in [4.78, 5) is 4.31. The van der Waals surface area contributed by atoms with Crippen LogP contribution in [0.15, 0.2) is 35.3 Å². The molecule has 0 saturated heterocycles. The van der Waals surface area contributed by atoms with Gasteiger partial charge < -0.3 is 5.32 Å². The molecular weight excluding hydrogens is 263 g/mol. The Morgan fingerprint density at radius 2 is 1.92 bits per heavy atom. The molecule has 0 amide bonds. The molecule has 12 heavy (non-hydrogen) atoms. The third-order valence-electron chi connectivity index (χ3n) is 1.72. The van der Waals surface area contributed by atoms with Crippen molar-refractivity contribution in [1.82, 2.24) is 5.32 Å². The Balaban J connectivity index is 0.000000720. The Kier molecular flexibility index (Phi) is 3.52. The van der Waals surface area contributed by atoms with Crippen LogP contribution in [0.4, 0.5) is 0 Å². The fraction of sp³-hybridized carbons (Fsp3) is 0.222. The zero-order chi connectivity index (χ0) is 7.52.